The van der Waals surface area contributed by atoms with Crippen LogP contribution in [0.3, 0.4) is 0 Å². The zero-order chi connectivity index (χ0) is 35.1. The number of carbonyl (C=O) groups excluding carboxylic acids is 2. The molecule has 0 aromatic heterocycles. The van der Waals surface area contributed by atoms with Gasteiger partial charge in [0.2, 0.25) is 8.32 Å². The fourth-order valence-corrected chi connectivity index (χ4v) is 11.9. The molecule has 2 heterocycles. The standard InChI is InChI=1S/C41H58N2O5Si/c1-38(2,3)47-35(45)17-15-30(44)26-42-21-20-41-32-23-31(48-49(7,8)39(4,5)6)16-14-28(32)22-34(42)40(41)19-18-33-36(41)29(24-40)25-43(33)37(46)27-12-10-9-11-13-27/h9-14,16,23,29-30,33-34,36,44H,15,17-22,24-26H2,1-8H3/t29-,30?,33?,34?,36?,40?,41?/m1/s1. The van der Waals surface area contributed by atoms with Crippen molar-refractivity contribution >= 4 is 20.2 Å². The van der Waals surface area contributed by atoms with E-state index in [1.807, 2.05) is 51.1 Å². The second-order valence-electron chi connectivity index (χ2n) is 18.5. The minimum Gasteiger partial charge on any atom is -0.543 e. The van der Waals surface area contributed by atoms with Crippen LogP contribution in [-0.2, 0) is 21.4 Å². The number of ether oxygens (including phenoxy) is 1. The summed E-state index contributed by atoms with van der Waals surface area (Å²) in [4.78, 5) is 31.3. The number of piperidine rings is 1. The molecule has 6 unspecified atom stereocenters. The van der Waals surface area contributed by atoms with Crippen molar-refractivity contribution < 1.29 is 23.9 Å². The van der Waals surface area contributed by atoms with Crippen LogP contribution in [0.15, 0.2) is 48.5 Å². The van der Waals surface area contributed by atoms with Crippen molar-refractivity contribution in [2.75, 3.05) is 19.6 Å². The van der Waals surface area contributed by atoms with E-state index in [0.29, 0.717) is 30.8 Å². The van der Waals surface area contributed by atoms with E-state index >= 15 is 0 Å². The lowest BCUT2D eigenvalue weighted by Crippen LogP contribution is -2.70. The Morgan fingerprint density at radius 1 is 1.04 bits per heavy atom. The van der Waals surface area contributed by atoms with Gasteiger partial charge in [0.15, 0.2) is 0 Å². The molecule has 3 aliphatic carbocycles. The van der Waals surface area contributed by atoms with Crippen molar-refractivity contribution in [3.05, 3.63) is 65.2 Å². The highest BCUT2D eigenvalue weighted by Crippen LogP contribution is 2.75. The van der Waals surface area contributed by atoms with Crippen LogP contribution in [0.5, 0.6) is 5.75 Å². The lowest BCUT2D eigenvalue weighted by atomic mass is 9.43. The Morgan fingerprint density at radius 2 is 1.78 bits per heavy atom. The molecule has 2 saturated carbocycles. The van der Waals surface area contributed by atoms with Crippen molar-refractivity contribution in [1.82, 2.24) is 9.80 Å². The van der Waals surface area contributed by atoms with E-state index < -0.39 is 20.0 Å². The van der Waals surface area contributed by atoms with Gasteiger partial charge in [-0.15, -0.1) is 0 Å². The Balaban J connectivity index is 1.23. The normalized spacial score (nSPS) is 31.2. The summed E-state index contributed by atoms with van der Waals surface area (Å²) >= 11 is 0. The number of aliphatic hydroxyl groups is 1. The lowest BCUT2D eigenvalue weighted by molar-refractivity contribution is -0.155. The van der Waals surface area contributed by atoms with Gasteiger partial charge in [-0.2, -0.15) is 0 Å². The molecule has 0 radical (unpaired) electrons. The molecule has 8 heteroatoms. The summed E-state index contributed by atoms with van der Waals surface area (Å²) in [6.07, 6.45) is 5.27. The van der Waals surface area contributed by atoms with Gasteiger partial charge >= 0.3 is 5.97 Å². The predicted octanol–water partition coefficient (Wildman–Crippen LogP) is 7.36. The van der Waals surface area contributed by atoms with E-state index in [9.17, 15) is 14.7 Å². The van der Waals surface area contributed by atoms with Crippen LogP contribution >= 0.6 is 0 Å². The number of hydrogen-bond donors (Lipinski definition) is 1. The van der Waals surface area contributed by atoms with E-state index in [-0.39, 0.29) is 40.2 Å². The zero-order valence-electron chi connectivity index (χ0n) is 31.1. The summed E-state index contributed by atoms with van der Waals surface area (Å²) in [5, 5.41) is 11.4. The maximum atomic E-state index is 14.0. The van der Waals surface area contributed by atoms with Gasteiger partial charge in [0.1, 0.15) is 11.4 Å². The van der Waals surface area contributed by atoms with Crippen molar-refractivity contribution in [2.45, 2.75) is 134 Å². The number of esters is 1. The number of carbonyl (C=O) groups is 2. The number of benzene rings is 2. The zero-order valence-corrected chi connectivity index (χ0v) is 32.1. The molecule has 4 fully saturated rings. The molecule has 1 amide bonds. The first-order valence-corrected chi connectivity index (χ1v) is 21.7. The van der Waals surface area contributed by atoms with Crippen LogP contribution in [-0.4, -0.2) is 78.5 Å². The van der Waals surface area contributed by atoms with Crippen molar-refractivity contribution in [2.24, 2.45) is 17.3 Å². The number of fused-ring (bicyclic) bond motifs is 1. The van der Waals surface area contributed by atoms with Gasteiger partial charge in [-0.3, -0.25) is 14.5 Å². The molecule has 7 rings (SSSR count). The topological polar surface area (TPSA) is 79.3 Å². The quantitative estimate of drug-likeness (QED) is 0.231. The molecule has 7 nitrogen and oxygen atoms in total. The first kappa shape index (κ1) is 34.8. The summed E-state index contributed by atoms with van der Waals surface area (Å²) in [5.41, 5.74) is 3.21. The Morgan fingerprint density at radius 3 is 2.47 bits per heavy atom. The van der Waals surface area contributed by atoms with Crippen molar-refractivity contribution in [3.8, 4) is 5.75 Å². The minimum atomic E-state index is -2.05. The average molecular weight is 687 g/mol. The molecule has 5 aliphatic rings. The number of hydrogen-bond acceptors (Lipinski definition) is 6. The predicted molar refractivity (Wildman–Crippen MR) is 195 cm³/mol. The summed E-state index contributed by atoms with van der Waals surface area (Å²) in [6, 6.07) is 17.4. The molecule has 2 aromatic rings. The number of likely N-dealkylation sites (tertiary alicyclic amines) is 2. The van der Waals surface area contributed by atoms with Gasteiger partial charge < -0.3 is 19.2 Å². The second kappa shape index (κ2) is 11.9. The summed E-state index contributed by atoms with van der Waals surface area (Å²) in [6.45, 7) is 19.5. The lowest BCUT2D eigenvalue weighted by Gasteiger charge is -2.66. The Bertz CT molecular complexity index is 1600. The van der Waals surface area contributed by atoms with Gasteiger partial charge in [0.05, 0.1) is 6.10 Å². The molecule has 2 saturated heterocycles. The average Bonchev–Trinajstić information content (AvgIpc) is 3.46. The monoisotopic (exact) mass is 686 g/mol. The van der Waals surface area contributed by atoms with E-state index in [1.54, 1.807) is 0 Å². The van der Waals surface area contributed by atoms with E-state index in [4.69, 9.17) is 9.16 Å². The van der Waals surface area contributed by atoms with Crippen LogP contribution in [0.2, 0.25) is 18.1 Å². The van der Waals surface area contributed by atoms with Crippen LogP contribution in [0, 0.1) is 17.3 Å². The van der Waals surface area contributed by atoms with Gasteiger partial charge in [-0.05, 0) is 137 Å². The van der Waals surface area contributed by atoms with Gasteiger partial charge in [-0.25, -0.2) is 0 Å². The molecule has 2 aliphatic heterocycles. The highest BCUT2D eigenvalue weighted by atomic mass is 28.4. The first-order valence-electron chi connectivity index (χ1n) is 18.8. The van der Waals surface area contributed by atoms with E-state index in [0.717, 1.165) is 56.5 Å². The third-order valence-corrected chi connectivity index (χ3v) is 17.9. The third-order valence-electron chi connectivity index (χ3n) is 13.6. The fraction of sp³-hybridized carbons (Fsp3) is 0.659. The first-order chi connectivity index (χ1) is 23.0. The molecule has 49 heavy (non-hydrogen) atoms. The summed E-state index contributed by atoms with van der Waals surface area (Å²) < 4.78 is 12.5. The van der Waals surface area contributed by atoms with Gasteiger partial charge in [0.25, 0.3) is 5.91 Å². The van der Waals surface area contributed by atoms with Crippen LogP contribution in [0.4, 0.5) is 0 Å². The van der Waals surface area contributed by atoms with Crippen LogP contribution in [0.25, 0.3) is 0 Å². The maximum Gasteiger partial charge on any atom is 0.306 e. The minimum absolute atomic E-state index is 0.0324. The van der Waals surface area contributed by atoms with E-state index in [2.05, 4.69) is 61.9 Å². The second-order valence-corrected chi connectivity index (χ2v) is 23.2. The molecule has 0 spiro atoms. The van der Waals surface area contributed by atoms with Gasteiger partial charge in [-0.1, -0.05) is 45.0 Å². The van der Waals surface area contributed by atoms with Crippen molar-refractivity contribution in [3.63, 3.8) is 0 Å². The number of rotatable bonds is 8. The Labute approximate surface area is 294 Å². The Kier molecular flexibility index (Phi) is 8.47. The fourth-order valence-electron chi connectivity index (χ4n) is 10.8. The molecule has 7 atom stereocenters. The summed E-state index contributed by atoms with van der Waals surface area (Å²) in [7, 11) is -2.05. The molecular weight excluding hydrogens is 629 g/mol. The number of β-amino-alcohol motifs (C(OH)–C–C–N with tert-alkyl or cyclic N) is 1. The molecular formula is C41H58N2O5Si. The van der Waals surface area contributed by atoms with Crippen molar-refractivity contribution in [1.29, 1.82) is 0 Å². The van der Waals surface area contributed by atoms with E-state index in [1.165, 1.54) is 11.1 Å². The molecule has 4 bridgehead atoms. The molecule has 2 aromatic carbocycles. The smallest absolute Gasteiger partial charge is 0.306 e. The number of aliphatic hydroxyl groups excluding tert-OH is 1. The highest BCUT2D eigenvalue weighted by Gasteiger charge is 2.76. The maximum absolute atomic E-state index is 14.0. The third kappa shape index (κ3) is 5.68. The largest absolute Gasteiger partial charge is 0.543 e. The number of nitrogens with zero attached hydrogens (tertiary/aromatic N) is 2. The van der Waals surface area contributed by atoms with Gasteiger partial charge in [0, 0.05) is 42.6 Å². The number of amides is 1. The molecule has 1 N–H and O–H groups in total. The summed E-state index contributed by atoms with van der Waals surface area (Å²) in [5.74, 6) is 1.80. The molecule has 266 valence electrons. The Hall–Kier alpha value is -2.68. The SMILES string of the molecule is CC(C)(C)OC(=O)CCC(O)CN1CCC23c4cc(O[Si](C)(C)C(C)(C)C)ccc4CC1C21CCC2C3[C@@H](CN2C(=O)c2ccccc2)C1. The highest BCUT2D eigenvalue weighted by molar-refractivity contribution is 6.74. The van der Waals surface area contributed by atoms with Crippen LogP contribution in [0.1, 0.15) is 102 Å². The van der Waals surface area contributed by atoms with Crippen LogP contribution < -0.4 is 4.43 Å².